The molecule has 5 heteroatoms. The van der Waals surface area contributed by atoms with E-state index in [9.17, 15) is 5.11 Å². The minimum atomic E-state index is -0.489. The highest BCUT2D eigenvalue weighted by Crippen LogP contribution is 2.33. The average Bonchev–Trinajstić information content (AvgIpc) is 3.02. The molecule has 1 aliphatic carbocycles. The standard InChI is InChI=1S/C18H25N3O2/c1-13-10-16(23-2)11-15(20-13)12-21-9-8-19-18(21)17(22)14-6-4-3-5-7-14/h8-11,14,17,22H,3-7,12H2,1-2H3. The van der Waals surface area contributed by atoms with Crippen LogP contribution < -0.4 is 4.74 Å². The molecule has 3 rings (SSSR count). The van der Waals surface area contributed by atoms with Crippen molar-refractivity contribution in [1.82, 2.24) is 14.5 Å². The topological polar surface area (TPSA) is 60.2 Å². The number of hydrogen-bond donors (Lipinski definition) is 1. The first-order valence-electron chi connectivity index (χ1n) is 8.38. The molecule has 124 valence electrons. The van der Waals surface area contributed by atoms with Crippen LogP contribution in [-0.4, -0.2) is 26.8 Å². The van der Waals surface area contributed by atoms with Crippen molar-refractivity contribution in [3.8, 4) is 5.75 Å². The third kappa shape index (κ3) is 3.72. The Morgan fingerprint density at radius 3 is 2.83 bits per heavy atom. The number of rotatable bonds is 5. The lowest BCUT2D eigenvalue weighted by molar-refractivity contribution is 0.0743. The highest BCUT2D eigenvalue weighted by molar-refractivity contribution is 5.27. The first-order chi connectivity index (χ1) is 11.2. The minimum absolute atomic E-state index is 0.324. The molecule has 1 unspecified atom stereocenters. The number of aryl methyl sites for hydroxylation is 1. The van der Waals surface area contributed by atoms with Crippen LogP contribution in [-0.2, 0) is 6.54 Å². The summed E-state index contributed by atoms with van der Waals surface area (Å²) in [5.74, 6) is 1.88. The third-order valence-electron chi connectivity index (χ3n) is 4.66. The first-order valence-corrected chi connectivity index (χ1v) is 8.38. The van der Waals surface area contributed by atoms with Crippen LogP contribution in [0.3, 0.4) is 0 Å². The van der Waals surface area contributed by atoms with Crippen LogP contribution in [0.4, 0.5) is 0 Å². The maximum absolute atomic E-state index is 10.7. The highest BCUT2D eigenvalue weighted by atomic mass is 16.5. The summed E-state index contributed by atoms with van der Waals surface area (Å²) >= 11 is 0. The molecule has 1 fully saturated rings. The second-order valence-corrected chi connectivity index (χ2v) is 6.40. The van der Waals surface area contributed by atoms with Gasteiger partial charge >= 0.3 is 0 Å². The summed E-state index contributed by atoms with van der Waals surface area (Å²) in [5, 5.41) is 10.7. The molecule has 1 aliphatic rings. The Kier molecular flexibility index (Phi) is 4.96. The summed E-state index contributed by atoms with van der Waals surface area (Å²) in [6, 6.07) is 3.85. The zero-order chi connectivity index (χ0) is 16.2. The van der Waals surface area contributed by atoms with Gasteiger partial charge in [0.25, 0.3) is 0 Å². The summed E-state index contributed by atoms with van der Waals surface area (Å²) in [4.78, 5) is 8.97. The number of aromatic nitrogens is 3. The van der Waals surface area contributed by atoms with E-state index in [1.807, 2.05) is 29.8 Å². The molecule has 1 atom stereocenters. The van der Waals surface area contributed by atoms with Crippen LogP contribution in [0, 0.1) is 12.8 Å². The summed E-state index contributed by atoms with van der Waals surface area (Å²) in [7, 11) is 1.66. The molecule has 0 amide bonds. The van der Waals surface area contributed by atoms with E-state index in [-0.39, 0.29) is 0 Å². The van der Waals surface area contributed by atoms with E-state index in [1.54, 1.807) is 13.3 Å². The number of methoxy groups -OCH3 is 1. The van der Waals surface area contributed by atoms with Crippen LogP contribution in [0.5, 0.6) is 5.75 Å². The normalized spacial score (nSPS) is 17.2. The molecule has 0 aliphatic heterocycles. The summed E-state index contributed by atoms with van der Waals surface area (Å²) in [5.41, 5.74) is 1.84. The monoisotopic (exact) mass is 315 g/mol. The fourth-order valence-electron chi connectivity index (χ4n) is 3.46. The van der Waals surface area contributed by atoms with Crippen LogP contribution in [0.2, 0.25) is 0 Å². The molecule has 2 aromatic heterocycles. The molecule has 1 saturated carbocycles. The molecule has 2 aromatic rings. The quantitative estimate of drug-likeness (QED) is 0.920. The van der Waals surface area contributed by atoms with Gasteiger partial charge in [-0.2, -0.15) is 0 Å². The van der Waals surface area contributed by atoms with E-state index < -0.39 is 6.10 Å². The Bertz CT molecular complexity index is 647. The van der Waals surface area contributed by atoms with Gasteiger partial charge in [-0.05, 0) is 25.7 Å². The first kappa shape index (κ1) is 16.0. The molecule has 23 heavy (non-hydrogen) atoms. The van der Waals surface area contributed by atoms with Crippen molar-refractivity contribution in [1.29, 1.82) is 0 Å². The van der Waals surface area contributed by atoms with Crippen molar-refractivity contribution in [2.24, 2.45) is 5.92 Å². The Labute approximate surface area is 137 Å². The fraction of sp³-hybridized carbons (Fsp3) is 0.556. The Morgan fingerprint density at radius 1 is 1.30 bits per heavy atom. The van der Waals surface area contributed by atoms with Gasteiger partial charge in [0.05, 0.1) is 19.3 Å². The van der Waals surface area contributed by atoms with Gasteiger partial charge < -0.3 is 14.4 Å². The van der Waals surface area contributed by atoms with Crippen molar-refractivity contribution >= 4 is 0 Å². The van der Waals surface area contributed by atoms with Gasteiger partial charge in [-0.15, -0.1) is 0 Å². The van der Waals surface area contributed by atoms with E-state index in [2.05, 4.69) is 9.97 Å². The average molecular weight is 315 g/mol. The smallest absolute Gasteiger partial charge is 0.138 e. The van der Waals surface area contributed by atoms with Gasteiger partial charge in [0.15, 0.2) is 0 Å². The van der Waals surface area contributed by atoms with Gasteiger partial charge in [-0.1, -0.05) is 19.3 Å². The van der Waals surface area contributed by atoms with Crippen LogP contribution >= 0.6 is 0 Å². The second kappa shape index (κ2) is 7.13. The lowest BCUT2D eigenvalue weighted by Crippen LogP contribution is -2.20. The van der Waals surface area contributed by atoms with E-state index in [0.29, 0.717) is 12.5 Å². The van der Waals surface area contributed by atoms with E-state index in [0.717, 1.165) is 35.8 Å². The minimum Gasteiger partial charge on any atom is -0.497 e. The molecule has 0 bridgehead atoms. The number of imidazole rings is 1. The number of pyridine rings is 1. The lowest BCUT2D eigenvalue weighted by Gasteiger charge is -2.26. The maximum atomic E-state index is 10.7. The van der Waals surface area contributed by atoms with Gasteiger partial charge in [0.2, 0.25) is 0 Å². The highest BCUT2D eigenvalue weighted by Gasteiger charge is 2.26. The van der Waals surface area contributed by atoms with Crippen molar-refractivity contribution in [3.05, 3.63) is 41.7 Å². The number of aliphatic hydroxyl groups excluding tert-OH is 1. The lowest BCUT2D eigenvalue weighted by atomic mass is 9.85. The molecule has 2 heterocycles. The van der Waals surface area contributed by atoms with E-state index in [1.165, 1.54) is 19.3 Å². The van der Waals surface area contributed by atoms with Crippen LogP contribution in [0.1, 0.15) is 55.4 Å². The molecule has 5 nitrogen and oxygen atoms in total. The maximum Gasteiger partial charge on any atom is 0.138 e. The molecule has 0 aromatic carbocycles. The van der Waals surface area contributed by atoms with Gasteiger partial charge in [-0.3, -0.25) is 4.98 Å². The Balaban J connectivity index is 1.79. The second-order valence-electron chi connectivity index (χ2n) is 6.40. The molecule has 0 radical (unpaired) electrons. The van der Waals surface area contributed by atoms with Crippen molar-refractivity contribution in [3.63, 3.8) is 0 Å². The number of nitrogens with zero attached hydrogens (tertiary/aromatic N) is 3. The molecular weight excluding hydrogens is 290 g/mol. The number of hydrogen-bond acceptors (Lipinski definition) is 4. The largest absolute Gasteiger partial charge is 0.497 e. The molecule has 0 spiro atoms. The predicted molar refractivity (Wildman–Crippen MR) is 88.4 cm³/mol. The Hall–Kier alpha value is -1.88. The zero-order valence-corrected chi connectivity index (χ0v) is 13.9. The van der Waals surface area contributed by atoms with Crippen LogP contribution in [0.25, 0.3) is 0 Å². The van der Waals surface area contributed by atoms with Crippen molar-refractivity contribution < 1.29 is 9.84 Å². The van der Waals surface area contributed by atoms with E-state index >= 15 is 0 Å². The zero-order valence-electron chi connectivity index (χ0n) is 13.9. The predicted octanol–water partition coefficient (Wildman–Crippen LogP) is 3.26. The molecule has 0 saturated heterocycles. The fourth-order valence-corrected chi connectivity index (χ4v) is 3.46. The molecule has 1 N–H and O–H groups in total. The Morgan fingerprint density at radius 2 is 2.09 bits per heavy atom. The number of ether oxygens (including phenoxy) is 1. The number of aliphatic hydroxyl groups is 1. The summed E-state index contributed by atoms with van der Waals surface area (Å²) < 4.78 is 7.31. The third-order valence-corrected chi connectivity index (χ3v) is 4.66. The van der Waals surface area contributed by atoms with E-state index in [4.69, 9.17) is 4.74 Å². The van der Waals surface area contributed by atoms with Crippen molar-refractivity contribution in [2.45, 2.75) is 51.7 Å². The van der Waals surface area contributed by atoms with Gasteiger partial charge in [-0.25, -0.2) is 4.98 Å². The van der Waals surface area contributed by atoms with Crippen molar-refractivity contribution in [2.75, 3.05) is 7.11 Å². The SMILES string of the molecule is COc1cc(C)nc(Cn2ccnc2C(O)C2CCCCC2)c1. The van der Waals surface area contributed by atoms with Gasteiger partial charge in [0.1, 0.15) is 17.7 Å². The molecular formula is C18H25N3O2. The van der Waals surface area contributed by atoms with Gasteiger partial charge in [0, 0.05) is 30.2 Å². The van der Waals surface area contributed by atoms with Crippen LogP contribution in [0.15, 0.2) is 24.5 Å². The summed E-state index contributed by atoms with van der Waals surface area (Å²) in [6.45, 7) is 2.55. The summed E-state index contributed by atoms with van der Waals surface area (Å²) in [6.07, 6.45) is 9.06.